The molecule has 0 saturated carbocycles. The van der Waals surface area contributed by atoms with Crippen molar-refractivity contribution in [2.45, 2.75) is 6.10 Å². The van der Waals surface area contributed by atoms with Crippen molar-refractivity contribution in [3.8, 4) is 0 Å². The van der Waals surface area contributed by atoms with Gasteiger partial charge in [0.1, 0.15) is 11.8 Å². The molecule has 1 fully saturated rings. The van der Waals surface area contributed by atoms with Crippen molar-refractivity contribution in [3.05, 3.63) is 64.2 Å². The van der Waals surface area contributed by atoms with Gasteiger partial charge < -0.3 is 9.64 Å². The SMILES string of the molecule is O=C(c1cn2cccnc2n1)N1CCO[C@H](c2ccc(Cl)c(Cl)c2)C1. The zero-order valence-electron chi connectivity index (χ0n) is 13.1. The van der Waals surface area contributed by atoms with Crippen LogP contribution in [-0.4, -0.2) is 44.9 Å². The van der Waals surface area contributed by atoms with Crippen LogP contribution in [0, 0.1) is 0 Å². The van der Waals surface area contributed by atoms with Gasteiger partial charge in [-0.1, -0.05) is 29.3 Å². The van der Waals surface area contributed by atoms with Gasteiger partial charge in [0, 0.05) is 25.1 Å². The van der Waals surface area contributed by atoms with Gasteiger partial charge in [-0.2, -0.15) is 0 Å². The van der Waals surface area contributed by atoms with Crippen LogP contribution in [0.2, 0.25) is 10.0 Å². The lowest BCUT2D eigenvalue weighted by molar-refractivity contribution is -0.0229. The zero-order chi connectivity index (χ0) is 17.4. The van der Waals surface area contributed by atoms with E-state index in [1.807, 2.05) is 12.3 Å². The average Bonchev–Trinajstić information content (AvgIpc) is 3.07. The number of carbonyl (C=O) groups is 1. The Bertz CT molecular complexity index is 910. The largest absolute Gasteiger partial charge is 0.370 e. The maximum absolute atomic E-state index is 12.8. The van der Waals surface area contributed by atoms with Gasteiger partial charge in [0.15, 0.2) is 0 Å². The third-order valence-corrected chi connectivity index (χ3v) is 4.86. The first-order chi connectivity index (χ1) is 12.1. The minimum absolute atomic E-state index is 0.140. The van der Waals surface area contributed by atoms with E-state index in [0.29, 0.717) is 41.2 Å². The van der Waals surface area contributed by atoms with Gasteiger partial charge in [-0.05, 0) is 23.8 Å². The van der Waals surface area contributed by atoms with E-state index in [0.717, 1.165) is 5.56 Å². The number of morpholine rings is 1. The molecule has 1 amide bonds. The number of ether oxygens (including phenoxy) is 1. The standard InChI is InChI=1S/C17H14Cl2N4O2/c18-12-3-2-11(8-13(12)19)15-10-22(6-7-25-15)16(24)14-9-23-5-1-4-20-17(23)21-14/h1-5,8-9,15H,6-7,10H2/t15-/m0/s1. The molecule has 1 aromatic carbocycles. The number of hydrogen-bond acceptors (Lipinski definition) is 4. The van der Waals surface area contributed by atoms with E-state index >= 15 is 0 Å². The van der Waals surface area contributed by atoms with E-state index in [1.54, 1.807) is 39.9 Å². The number of hydrogen-bond donors (Lipinski definition) is 0. The van der Waals surface area contributed by atoms with Crippen LogP contribution in [0.15, 0.2) is 42.9 Å². The Morgan fingerprint density at radius 3 is 2.96 bits per heavy atom. The molecule has 8 heteroatoms. The maximum atomic E-state index is 12.8. The molecule has 4 rings (SSSR count). The Kier molecular flexibility index (Phi) is 4.33. The Hall–Kier alpha value is -2.15. The molecule has 25 heavy (non-hydrogen) atoms. The van der Waals surface area contributed by atoms with E-state index in [1.165, 1.54) is 0 Å². The number of amides is 1. The second-order valence-electron chi connectivity index (χ2n) is 5.74. The number of aromatic nitrogens is 3. The van der Waals surface area contributed by atoms with E-state index < -0.39 is 0 Å². The monoisotopic (exact) mass is 376 g/mol. The number of halogens is 2. The normalized spacial score (nSPS) is 17.8. The molecule has 0 unspecified atom stereocenters. The summed E-state index contributed by atoms with van der Waals surface area (Å²) in [7, 11) is 0. The Labute approximate surface area is 154 Å². The molecule has 1 aliphatic rings. The first-order valence-corrected chi connectivity index (χ1v) is 8.53. The second-order valence-corrected chi connectivity index (χ2v) is 6.55. The van der Waals surface area contributed by atoms with Gasteiger partial charge >= 0.3 is 0 Å². The molecule has 3 aromatic rings. The van der Waals surface area contributed by atoms with Crippen molar-refractivity contribution in [2.75, 3.05) is 19.7 Å². The molecule has 2 aromatic heterocycles. The van der Waals surface area contributed by atoms with Crippen LogP contribution in [0.25, 0.3) is 5.78 Å². The van der Waals surface area contributed by atoms with Crippen molar-refractivity contribution in [3.63, 3.8) is 0 Å². The number of benzene rings is 1. The number of imidazole rings is 1. The van der Waals surface area contributed by atoms with Gasteiger partial charge in [-0.25, -0.2) is 9.97 Å². The minimum atomic E-state index is -0.248. The van der Waals surface area contributed by atoms with E-state index in [-0.39, 0.29) is 12.0 Å². The van der Waals surface area contributed by atoms with Crippen LogP contribution in [0.4, 0.5) is 0 Å². The predicted octanol–water partition coefficient (Wildman–Crippen LogP) is 3.25. The zero-order valence-corrected chi connectivity index (χ0v) is 14.6. The molecule has 0 radical (unpaired) electrons. The Balaban J connectivity index is 1.55. The fraction of sp³-hybridized carbons (Fsp3) is 0.235. The van der Waals surface area contributed by atoms with Crippen molar-refractivity contribution in [2.24, 2.45) is 0 Å². The number of rotatable bonds is 2. The summed E-state index contributed by atoms with van der Waals surface area (Å²) in [5, 5.41) is 0.962. The van der Waals surface area contributed by atoms with Gasteiger partial charge in [-0.3, -0.25) is 9.20 Å². The van der Waals surface area contributed by atoms with Gasteiger partial charge in [0.2, 0.25) is 5.78 Å². The maximum Gasteiger partial charge on any atom is 0.274 e. The van der Waals surface area contributed by atoms with Crippen LogP contribution in [0.5, 0.6) is 0 Å². The summed E-state index contributed by atoms with van der Waals surface area (Å²) in [6.45, 7) is 1.39. The lowest BCUT2D eigenvalue weighted by atomic mass is 10.1. The molecule has 6 nitrogen and oxygen atoms in total. The molecule has 3 heterocycles. The third kappa shape index (κ3) is 3.20. The summed E-state index contributed by atoms with van der Waals surface area (Å²) in [4.78, 5) is 23.0. The molecule has 128 valence electrons. The van der Waals surface area contributed by atoms with Crippen LogP contribution >= 0.6 is 23.2 Å². The molecule has 1 aliphatic heterocycles. The number of carbonyl (C=O) groups excluding carboxylic acids is 1. The summed E-state index contributed by atoms with van der Waals surface area (Å²) in [5.74, 6) is 0.360. The highest BCUT2D eigenvalue weighted by molar-refractivity contribution is 6.42. The minimum Gasteiger partial charge on any atom is -0.370 e. The first-order valence-electron chi connectivity index (χ1n) is 7.77. The van der Waals surface area contributed by atoms with E-state index in [4.69, 9.17) is 27.9 Å². The Morgan fingerprint density at radius 2 is 2.16 bits per heavy atom. The topological polar surface area (TPSA) is 59.7 Å². The summed E-state index contributed by atoms with van der Waals surface area (Å²) in [6, 6.07) is 7.16. The quantitative estimate of drug-likeness (QED) is 0.688. The van der Waals surface area contributed by atoms with Crippen molar-refractivity contribution >= 4 is 34.9 Å². The molecule has 0 bridgehead atoms. The molecule has 0 spiro atoms. The highest BCUT2D eigenvalue weighted by atomic mass is 35.5. The summed E-state index contributed by atoms with van der Waals surface area (Å²) < 4.78 is 7.53. The molecule has 1 saturated heterocycles. The van der Waals surface area contributed by atoms with Crippen LogP contribution < -0.4 is 0 Å². The van der Waals surface area contributed by atoms with Crippen LogP contribution in [0.1, 0.15) is 22.2 Å². The summed E-state index contributed by atoms with van der Waals surface area (Å²) in [5.41, 5.74) is 1.26. The molecule has 0 aliphatic carbocycles. The second kappa shape index (κ2) is 6.63. The van der Waals surface area contributed by atoms with E-state index in [2.05, 4.69) is 9.97 Å². The van der Waals surface area contributed by atoms with Crippen LogP contribution in [0.3, 0.4) is 0 Å². The molecule has 1 atom stereocenters. The fourth-order valence-electron chi connectivity index (χ4n) is 2.84. The number of nitrogens with zero attached hydrogens (tertiary/aromatic N) is 4. The van der Waals surface area contributed by atoms with Gasteiger partial charge in [-0.15, -0.1) is 0 Å². The van der Waals surface area contributed by atoms with Crippen molar-refractivity contribution < 1.29 is 9.53 Å². The Morgan fingerprint density at radius 1 is 1.28 bits per heavy atom. The third-order valence-electron chi connectivity index (χ3n) is 4.12. The average molecular weight is 377 g/mol. The first kappa shape index (κ1) is 16.3. The highest BCUT2D eigenvalue weighted by Crippen LogP contribution is 2.29. The van der Waals surface area contributed by atoms with Crippen molar-refractivity contribution in [1.82, 2.24) is 19.3 Å². The van der Waals surface area contributed by atoms with E-state index in [9.17, 15) is 4.79 Å². The van der Waals surface area contributed by atoms with Crippen LogP contribution in [-0.2, 0) is 4.74 Å². The smallest absolute Gasteiger partial charge is 0.274 e. The lowest BCUT2D eigenvalue weighted by Gasteiger charge is -2.32. The lowest BCUT2D eigenvalue weighted by Crippen LogP contribution is -2.42. The molecular weight excluding hydrogens is 363 g/mol. The summed E-state index contributed by atoms with van der Waals surface area (Å²) >= 11 is 12.0. The highest BCUT2D eigenvalue weighted by Gasteiger charge is 2.27. The van der Waals surface area contributed by atoms with Gasteiger partial charge in [0.25, 0.3) is 5.91 Å². The predicted molar refractivity (Wildman–Crippen MR) is 94.0 cm³/mol. The molecular formula is C17H14Cl2N4O2. The molecule has 0 N–H and O–H groups in total. The number of fused-ring (bicyclic) bond motifs is 1. The fourth-order valence-corrected chi connectivity index (χ4v) is 3.15. The van der Waals surface area contributed by atoms with Crippen molar-refractivity contribution in [1.29, 1.82) is 0 Å². The summed E-state index contributed by atoms with van der Waals surface area (Å²) in [6.07, 6.45) is 4.90. The van der Waals surface area contributed by atoms with Gasteiger partial charge in [0.05, 0.1) is 23.2 Å².